The Kier molecular flexibility index (Phi) is 8.60. The molecule has 0 unspecified atom stereocenters. The summed E-state index contributed by atoms with van der Waals surface area (Å²) in [5.74, 6) is 0.503. The van der Waals surface area contributed by atoms with E-state index in [1.807, 2.05) is 0 Å². The number of phosphoric ester groups is 1. The number of phosphoric acid groups is 1. The fraction of sp³-hybridized carbons (Fsp3) is 0.500. The van der Waals surface area contributed by atoms with Gasteiger partial charge in [0, 0.05) is 6.54 Å². The van der Waals surface area contributed by atoms with Crippen LogP contribution in [-0.4, -0.2) is 76.2 Å². The predicted octanol–water partition coefficient (Wildman–Crippen LogP) is 1.09. The number of aliphatic hydroxyl groups is 3. The zero-order valence-corrected chi connectivity index (χ0v) is 20.9. The van der Waals surface area contributed by atoms with Crippen molar-refractivity contribution < 1.29 is 43.7 Å². The third kappa shape index (κ3) is 6.36. The minimum atomic E-state index is -4.81. The highest BCUT2D eigenvalue weighted by molar-refractivity contribution is 7.46. The molecule has 15 heteroatoms. The number of imidazole rings is 1. The molecule has 2 aromatic heterocycles. The predicted molar refractivity (Wildman–Crippen MR) is 130 cm³/mol. The Bertz CT molecular complexity index is 1250. The molecule has 0 bridgehead atoms. The van der Waals surface area contributed by atoms with E-state index in [1.54, 1.807) is 12.1 Å². The molecule has 4 atom stereocenters. The molecule has 3 heterocycles. The zero-order chi connectivity index (χ0) is 26.6. The topological polar surface area (TPSA) is 202 Å². The first-order chi connectivity index (χ1) is 17.7. The van der Waals surface area contributed by atoms with E-state index in [2.05, 4.69) is 27.2 Å². The molecule has 0 spiro atoms. The number of unbranched alkanes of at least 4 members (excludes halogenated alkanes) is 2. The molecule has 6 N–H and O–H groups in total. The number of nitrogens with one attached hydrogen (secondary N) is 1. The normalized spacial score (nSPS) is 21.9. The fourth-order valence-corrected chi connectivity index (χ4v) is 4.38. The molecule has 4 rings (SSSR count). The van der Waals surface area contributed by atoms with E-state index in [9.17, 15) is 29.7 Å². The van der Waals surface area contributed by atoms with Crippen molar-refractivity contribution in [1.29, 1.82) is 0 Å². The molecule has 1 aliphatic rings. The maximum atomic E-state index is 11.5. The average molecular weight is 539 g/mol. The lowest BCUT2D eigenvalue weighted by Gasteiger charge is -2.16. The van der Waals surface area contributed by atoms with Gasteiger partial charge in [0.2, 0.25) is 0 Å². The largest absolute Gasteiger partial charge is 0.524 e. The first kappa shape index (κ1) is 27.2. The Labute approximate surface area is 212 Å². The number of hydrogen-bond donors (Lipinski definition) is 6. The van der Waals surface area contributed by atoms with E-state index < -0.39 is 39.0 Å². The van der Waals surface area contributed by atoms with E-state index in [1.165, 1.54) is 23.3 Å². The maximum absolute atomic E-state index is 11.5. The summed E-state index contributed by atoms with van der Waals surface area (Å²) in [7, 11) is -4.81. The highest BCUT2D eigenvalue weighted by Crippen LogP contribution is 2.42. The number of anilines is 1. The third-order valence-electron chi connectivity index (χ3n) is 5.84. The van der Waals surface area contributed by atoms with Gasteiger partial charge in [-0.3, -0.25) is 14.4 Å². The van der Waals surface area contributed by atoms with Crippen molar-refractivity contribution >= 4 is 24.8 Å². The SMILES string of the molecule is CCCCCOc1ccc(CNc2ncnc3c2ncn3[C@@H]2O[C@H](CO)[C@@H](O)[C@H]2O)cc1OP(=O)(O)O. The van der Waals surface area contributed by atoms with Gasteiger partial charge in [0.25, 0.3) is 0 Å². The Hall–Kier alpha value is -2.84. The molecule has 0 radical (unpaired) electrons. The van der Waals surface area contributed by atoms with Gasteiger partial charge in [-0.15, -0.1) is 0 Å². The van der Waals surface area contributed by atoms with Crippen LogP contribution in [0.4, 0.5) is 5.82 Å². The van der Waals surface area contributed by atoms with Crippen molar-refractivity contribution in [3.8, 4) is 11.5 Å². The number of nitrogens with zero attached hydrogens (tertiary/aromatic N) is 4. The number of hydrogen-bond acceptors (Lipinski definition) is 11. The van der Waals surface area contributed by atoms with Gasteiger partial charge >= 0.3 is 7.82 Å². The molecule has 0 amide bonds. The molecule has 3 aromatic rings. The summed E-state index contributed by atoms with van der Waals surface area (Å²) in [4.78, 5) is 31.4. The standard InChI is InChI=1S/C22H30N5O9P/c1-2-3-4-7-34-14-6-5-13(8-15(14)36-37(31,32)33)9-23-20-17-21(25-11-24-20)27(12-26-17)22-19(30)18(29)16(10-28)35-22/h5-6,8,11-12,16,18-19,22,28-30H,2-4,7,9-10H2,1H3,(H,23,24,25)(H2,31,32,33)/t16-,18-,19-,22-/m1/s1. The van der Waals surface area contributed by atoms with Gasteiger partial charge in [0.05, 0.1) is 19.5 Å². The van der Waals surface area contributed by atoms with Crippen molar-refractivity contribution in [2.24, 2.45) is 0 Å². The van der Waals surface area contributed by atoms with Crippen LogP contribution < -0.4 is 14.6 Å². The van der Waals surface area contributed by atoms with E-state index in [4.69, 9.17) is 14.0 Å². The summed E-state index contributed by atoms with van der Waals surface area (Å²) in [6.07, 6.45) is 0.945. The Balaban J connectivity index is 1.52. The fourth-order valence-electron chi connectivity index (χ4n) is 3.98. The van der Waals surface area contributed by atoms with Crippen LogP contribution in [0.5, 0.6) is 11.5 Å². The van der Waals surface area contributed by atoms with E-state index >= 15 is 0 Å². The summed E-state index contributed by atoms with van der Waals surface area (Å²) in [6, 6.07) is 4.78. The smallest absolute Gasteiger partial charge is 0.490 e. The molecule has 37 heavy (non-hydrogen) atoms. The van der Waals surface area contributed by atoms with Gasteiger partial charge in [-0.2, -0.15) is 0 Å². The molecular weight excluding hydrogens is 509 g/mol. The minimum Gasteiger partial charge on any atom is -0.490 e. The lowest BCUT2D eigenvalue weighted by Crippen LogP contribution is -2.33. The Morgan fingerprint density at radius 2 is 1.95 bits per heavy atom. The highest BCUT2D eigenvalue weighted by Gasteiger charge is 2.44. The van der Waals surface area contributed by atoms with Crippen LogP contribution in [0.2, 0.25) is 0 Å². The van der Waals surface area contributed by atoms with Crippen LogP contribution in [0, 0.1) is 0 Å². The van der Waals surface area contributed by atoms with Crippen molar-refractivity contribution in [2.75, 3.05) is 18.5 Å². The molecule has 0 saturated carbocycles. The van der Waals surface area contributed by atoms with Gasteiger partial charge in [0.1, 0.15) is 24.6 Å². The minimum absolute atomic E-state index is 0.0781. The Morgan fingerprint density at radius 3 is 2.65 bits per heavy atom. The number of rotatable bonds is 12. The van der Waals surface area contributed by atoms with Gasteiger partial charge in [0.15, 0.2) is 34.7 Å². The number of fused-ring (bicyclic) bond motifs is 1. The highest BCUT2D eigenvalue weighted by atomic mass is 31.2. The molecule has 1 fully saturated rings. The number of aliphatic hydroxyl groups excluding tert-OH is 3. The summed E-state index contributed by atoms with van der Waals surface area (Å²) in [5, 5.41) is 32.9. The van der Waals surface area contributed by atoms with Gasteiger partial charge in [-0.05, 0) is 24.1 Å². The molecular formula is C22H30N5O9P. The molecule has 202 valence electrons. The quantitative estimate of drug-likeness (QED) is 0.141. The molecule has 1 aromatic carbocycles. The van der Waals surface area contributed by atoms with Crippen molar-refractivity contribution in [3.63, 3.8) is 0 Å². The molecule has 14 nitrogen and oxygen atoms in total. The van der Waals surface area contributed by atoms with E-state index in [0.29, 0.717) is 29.2 Å². The van der Waals surface area contributed by atoms with Crippen molar-refractivity contribution in [2.45, 2.75) is 57.3 Å². The maximum Gasteiger partial charge on any atom is 0.524 e. The van der Waals surface area contributed by atoms with Gasteiger partial charge < -0.3 is 34.6 Å². The molecule has 0 aliphatic carbocycles. The van der Waals surface area contributed by atoms with Crippen molar-refractivity contribution in [1.82, 2.24) is 19.5 Å². The summed E-state index contributed by atoms with van der Waals surface area (Å²) in [5.41, 5.74) is 1.32. The van der Waals surface area contributed by atoms with E-state index in [0.717, 1.165) is 19.3 Å². The number of benzene rings is 1. The van der Waals surface area contributed by atoms with E-state index in [-0.39, 0.29) is 18.0 Å². The van der Waals surface area contributed by atoms with Gasteiger partial charge in [-0.25, -0.2) is 19.5 Å². The number of ether oxygens (including phenoxy) is 2. The molecule has 1 aliphatic heterocycles. The third-order valence-corrected chi connectivity index (χ3v) is 6.28. The lowest BCUT2D eigenvalue weighted by atomic mass is 10.1. The Morgan fingerprint density at radius 1 is 1.14 bits per heavy atom. The van der Waals surface area contributed by atoms with Crippen molar-refractivity contribution in [3.05, 3.63) is 36.4 Å². The average Bonchev–Trinajstić information content (AvgIpc) is 3.41. The second kappa shape index (κ2) is 11.7. The first-order valence-corrected chi connectivity index (χ1v) is 13.3. The number of aromatic nitrogens is 4. The van der Waals surface area contributed by atoms with Crippen LogP contribution in [0.15, 0.2) is 30.9 Å². The molecule has 1 saturated heterocycles. The van der Waals surface area contributed by atoms with Crippen LogP contribution in [-0.2, 0) is 15.8 Å². The first-order valence-electron chi connectivity index (χ1n) is 11.8. The van der Waals surface area contributed by atoms with Crippen LogP contribution in [0.1, 0.15) is 38.0 Å². The van der Waals surface area contributed by atoms with Gasteiger partial charge in [-0.1, -0.05) is 25.8 Å². The monoisotopic (exact) mass is 539 g/mol. The zero-order valence-electron chi connectivity index (χ0n) is 20.0. The summed E-state index contributed by atoms with van der Waals surface area (Å²) >= 11 is 0. The van der Waals surface area contributed by atoms with Crippen LogP contribution >= 0.6 is 7.82 Å². The second-order valence-corrected chi connectivity index (χ2v) is 9.71. The summed E-state index contributed by atoms with van der Waals surface area (Å²) < 4.78 is 29.0. The summed E-state index contributed by atoms with van der Waals surface area (Å²) in [6.45, 7) is 2.18. The van der Waals surface area contributed by atoms with Crippen LogP contribution in [0.3, 0.4) is 0 Å². The van der Waals surface area contributed by atoms with Crippen LogP contribution in [0.25, 0.3) is 11.2 Å². The lowest BCUT2D eigenvalue weighted by molar-refractivity contribution is -0.0511. The second-order valence-electron chi connectivity index (χ2n) is 8.55.